The SMILES string of the molecule is CCC(CCN(C)Cc1nccnc1OC(C)(C)C)COc1ccccc1[N+](=O)[O-]. The molecule has 30 heavy (non-hydrogen) atoms. The minimum absolute atomic E-state index is 0.00139. The summed E-state index contributed by atoms with van der Waals surface area (Å²) in [7, 11) is 2.03. The van der Waals surface area contributed by atoms with Crippen molar-refractivity contribution in [3.63, 3.8) is 0 Å². The van der Waals surface area contributed by atoms with Gasteiger partial charge in [0.25, 0.3) is 0 Å². The largest absolute Gasteiger partial charge is 0.487 e. The Bertz CT molecular complexity index is 823. The van der Waals surface area contributed by atoms with E-state index >= 15 is 0 Å². The smallest absolute Gasteiger partial charge is 0.310 e. The predicted octanol–water partition coefficient (Wildman–Crippen LogP) is 4.49. The molecule has 1 atom stereocenters. The van der Waals surface area contributed by atoms with E-state index in [1.54, 1.807) is 30.6 Å². The van der Waals surface area contributed by atoms with Gasteiger partial charge in [-0.25, -0.2) is 4.98 Å². The van der Waals surface area contributed by atoms with Crippen LogP contribution in [0.1, 0.15) is 46.2 Å². The van der Waals surface area contributed by atoms with Gasteiger partial charge in [-0.2, -0.15) is 0 Å². The van der Waals surface area contributed by atoms with Crippen LogP contribution in [0.15, 0.2) is 36.7 Å². The first-order chi connectivity index (χ1) is 14.2. The first-order valence-electron chi connectivity index (χ1n) is 10.2. The van der Waals surface area contributed by atoms with E-state index < -0.39 is 4.92 Å². The van der Waals surface area contributed by atoms with Crippen LogP contribution < -0.4 is 9.47 Å². The molecule has 0 spiro atoms. The minimum Gasteiger partial charge on any atom is -0.487 e. The molecule has 0 saturated heterocycles. The zero-order chi connectivity index (χ0) is 22.1. The van der Waals surface area contributed by atoms with E-state index in [9.17, 15) is 10.1 Å². The van der Waals surface area contributed by atoms with E-state index in [0.29, 0.717) is 30.7 Å². The van der Waals surface area contributed by atoms with Crippen LogP contribution in [0.25, 0.3) is 0 Å². The van der Waals surface area contributed by atoms with Gasteiger partial charge in [-0.15, -0.1) is 0 Å². The highest BCUT2D eigenvalue weighted by molar-refractivity contribution is 5.45. The molecule has 2 rings (SSSR count). The lowest BCUT2D eigenvalue weighted by Crippen LogP contribution is -2.27. The molecule has 8 heteroatoms. The molecule has 0 aliphatic carbocycles. The van der Waals surface area contributed by atoms with Crippen LogP contribution in [-0.2, 0) is 6.54 Å². The van der Waals surface area contributed by atoms with Gasteiger partial charge >= 0.3 is 5.69 Å². The monoisotopic (exact) mass is 416 g/mol. The van der Waals surface area contributed by atoms with E-state index in [0.717, 1.165) is 25.1 Å². The number of nitrogens with zero attached hydrogens (tertiary/aromatic N) is 4. The lowest BCUT2D eigenvalue weighted by molar-refractivity contribution is -0.385. The number of hydrogen-bond donors (Lipinski definition) is 0. The Morgan fingerprint density at radius 2 is 1.90 bits per heavy atom. The summed E-state index contributed by atoms with van der Waals surface area (Å²) in [5.74, 6) is 1.17. The zero-order valence-corrected chi connectivity index (χ0v) is 18.5. The number of para-hydroxylation sites is 2. The van der Waals surface area contributed by atoms with Crippen LogP contribution >= 0.6 is 0 Å². The van der Waals surface area contributed by atoms with Crippen molar-refractivity contribution in [2.45, 2.75) is 52.7 Å². The normalized spacial score (nSPS) is 12.6. The molecule has 8 nitrogen and oxygen atoms in total. The highest BCUT2D eigenvalue weighted by Crippen LogP contribution is 2.27. The van der Waals surface area contributed by atoms with Gasteiger partial charge in [-0.3, -0.25) is 15.1 Å². The van der Waals surface area contributed by atoms with Crippen LogP contribution in [0.2, 0.25) is 0 Å². The van der Waals surface area contributed by atoms with Gasteiger partial charge in [0.05, 0.1) is 11.5 Å². The average Bonchev–Trinajstić information content (AvgIpc) is 2.68. The minimum atomic E-state index is -0.414. The van der Waals surface area contributed by atoms with Gasteiger partial charge in [0.1, 0.15) is 11.3 Å². The van der Waals surface area contributed by atoms with Gasteiger partial charge in [-0.1, -0.05) is 25.5 Å². The Morgan fingerprint density at radius 3 is 2.57 bits per heavy atom. The summed E-state index contributed by atoms with van der Waals surface area (Å²) < 4.78 is 11.7. The fraction of sp³-hybridized carbons (Fsp3) is 0.545. The number of rotatable bonds is 11. The molecule has 1 heterocycles. The molecule has 0 aliphatic heterocycles. The van der Waals surface area contributed by atoms with Crippen molar-refractivity contribution in [2.75, 3.05) is 20.2 Å². The van der Waals surface area contributed by atoms with Crippen molar-refractivity contribution in [1.29, 1.82) is 0 Å². The average molecular weight is 417 g/mol. The first-order valence-corrected chi connectivity index (χ1v) is 10.2. The third-order valence-electron chi connectivity index (χ3n) is 4.59. The van der Waals surface area contributed by atoms with Crippen molar-refractivity contribution in [3.8, 4) is 11.6 Å². The number of nitro groups is 1. The fourth-order valence-corrected chi connectivity index (χ4v) is 2.92. The molecule has 1 aromatic carbocycles. The third-order valence-corrected chi connectivity index (χ3v) is 4.59. The third kappa shape index (κ3) is 7.59. The Kier molecular flexibility index (Phi) is 8.53. The maximum atomic E-state index is 11.1. The molecule has 0 bridgehead atoms. The van der Waals surface area contributed by atoms with Crippen LogP contribution in [0, 0.1) is 16.0 Å². The number of ether oxygens (including phenoxy) is 2. The van der Waals surface area contributed by atoms with Gasteiger partial charge in [-0.05, 0) is 52.8 Å². The molecule has 0 amide bonds. The molecule has 0 saturated carbocycles. The fourth-order valence-electron chi connectivity index (χ4n) is 2.92. The highest BCUT2D eigenvalue weighted by Gasteiger charge is 2.19. The maximum absolute atomic E-state index is 11.1. The summed E-state index contributed by atoms with van der Waals surface area (Å²) in [6.45, 7) is 9.96. The summed E-state index contributed by atoms with van der Waals surface area (Å²) in [5, 5.41) is 11.1. The number of benzene rings is 1. The van der Waals surface area contributed by atoms with Crippen LogP contribution in [0.3, 0.4) is 0 Å². The Balaban J connectivity index is 1.89. The second-order valence-corrected chi connectivity index (χ2v) is 8.36. The first kappa shape index (κ1) is 23.5. The molecule has 0 aliphatic rings. The molecule has 0 fully saturated rings. The number of nitro benzene ring substituents is 1. The van der Waals surface area contributed by atoms with E-state index in [1.807, 2.05) is 27.8 Å². The Labute approximate surface area is 178 Å². The lowest BCUT2D eigenvalue weighted by Gasteiger charge is -2.24. The van der Waals surface area contributed by atoms with E-state index in [2.05, 4.69) is 21.8 Å². The molecule has 0 N–H and O–H groups in total. The molecular weight excluding hydrogens is 384 g/mol. The van der Waals surface area contributed by atoms with Crippen molar-refractivity contribution in [3.05, 3.63) is 52.5 Å². The topological polar surface area (TPSA) is 90.6 Å². The maximum Gasteiger partial charge on any atom is 0.310 e. The van der Waals surface area contributed by atoms with E-state index in [1.165, 1.54) is 6.07 Å². The molecule has 164 valence electrons. The Hall–Kier alpha value is -2.74. The summed E-state index contributed by atoms with van der Waals surface area (Å²) in [6, 6.07) is 6.49. The van der Waals surface area contributed by atoms with Gasteiger partial charge in [0.2, 0.25) is 5.88 Å². The number of hydrogen-bond acceptors (Lipinski definition) is 7. The number of aromatic nitrogens is 2. The van der Waals surface area contributed by atoms with Gasteiger partial charge in [0, 0.05) is 25.0 Å². The second-order valence-electron chi connectivity index (χ2n) is 8.36. The van der Waals surface area contributed by atoms with Crippen molar-refractivity contribution in [1.82, 2.24) is 14.9 Å². The quantitative estimate of drug-likeness (QED) is 0.394. The molecular formula is C22H32N4O4. The summed E-state index contributed by atoms with van der Waals surface area (Å²) in [5.41, 5.74) is 0.464. The lowest BCUT2D eigenvalue weighted by atomic mass is 10.0. The van der Waals surface area contributed by atoms with Gasteiger partial charge in [0.15, 0.2) is 5.75 Å². The van der Waals surface area contributed by atoms with Gasteiger partial charge < -0.3 is 14.4 Å². The van der Waals surface area contributed by atoms with Crippen molar-refractivity contribution in [2.24, 2.45) is 5.92 Å². The van der Waals surface area contributed by atoms with E-state index in [4.69, 9.17) is 9.47 Å². The molecule has 2 aromatic rings. The van der Waals surface area contributed by atoms with E-state index in [-0.39, 0.29) is 11.3 Å². The highest BCUT2D eigenvalue weighted by atomic mass is 16.6. The summed E-state index contributed by atoms with van der Waals surface area (Å²) >= 11 is 0. The molecule has 1 aromatic heterocycles. The standard InChI is InChI=1S/C22H32N4O4/c1-6-17(16-29-20-10-8-7-9-19(20)26(27)28)11-14-25(5)15-18-21(24-13-12-23-18)30-22(2,3)4/h7-10,12-13,17H,6,11,14-16H2,1-5H3. The summed E-state index contributed by atoms with van der Waals surface area (Å²) in [6.07, 6.45) is 5.15. The molecule has 1 unspecified atom stereocenters. The molecule has 0 radical (unpaired) electrons. The Morgan fingerprint density at radius 1 is 1.20 bits per heavy atom. The van der Waals surface area contributed by atoms with Crippen LogP contribution in [0.5, 0.6) is 11.6 Å². The van der Waals surface area contributed by atoms with Crippen LogP contribution in [0.4, 0.5) is 5.69 Å². The van der Waals surface area contributed by atoms with Crippen molar-refractivity contribution < 1.29 is 14.4 Å². The zero-order valence-electron chi connectivity index (χ0n) is 18.5. The van der Waals surface area contributed by atoms with Crippen LogP contribution in [-0.4, -0.2) is 45.6 Å². The summed E-state index contributed by atoms with van der Waals surface area (Å²) in [4.78, 5) is 21.7. The second kappa shape index (κ2) is 10.9. The van der Waals surface area contributed by atoms with Crippen molar-refractivity contribution >= 4 is 5.69 Å². The predicted molar refractivity (Wildman–Crippen MR) is 116 cm³/mol.